The van der Waals surface area contributed by atoms with Crippen LogP contribution < -0.4 is 10.1 Å². The lowest BCUT2D eigenvalue weighted by Gasteiger charge is -2.12. The van der Waals surface area contributed by atoms with E-state index < -0.39 is 0 Å². The summed E-state index contributed by atoms with van der Waals surface area (Å²) in [6, 6.07) is 11.1. The van der Waals surface area contributed by atoms with Gasteiger partial charge >= 0.3 is 0 Å². The second-order valence-electron chi connectivity index (χ2n) is 4.64. The number of methoxy groups -OCH3 is 1. The minimum absolute atomic E-state index is 0.170. The van der Waals surface area contributed by atoms with Gasteiger partial charge in [0.15, 0.2) is 0 Å². The molecular weight excluding hydrogens is 241 g/mol. The Balaban J connectivity index is 2.12. The molecule has 2 aromatic carbocycles. The highest BCUT2D eigenvalue weighted by atomic mass is 19.1. The van der Waals surface area contributed by atoms with Crippen molar-refractivity contribution in [2.45, 2.75) is 20.4 Å². The van der Waals surface area contributed by atoms with Gasteiger partial charge in [0, 0.05) is 6.54 Å². The summed E-state index contributed by atoms with van der Waals surface area (Å²) in [4.78, 5) is 0. The minimum atomic E-state index is -0.170. The number of halogens is 1. The SMILES string of the molecule is COc1cc(C)ccc1NCc1ccc(F)c(C)c1. The van der Waals surface area contributed by atoms with E-state index in [4.69, 9.17) is 4.74 Å². The summed E-state index contributed by atoms with van der Waals surface area (Å²) >= 11 is 0. The quantitative estimate of drug-likeness (QED) is 0.894. The van der Waals surface area contributed by atoms with Gasteiger partial charge < -0.3 is 10.1 Å². The third kappa shape index (κ3) is 3.25. The molecule has 0 bridgehead atoms. The molecule has 1 N–H and O–H groups in total. The maximum absolute atomic E-state index is 13.2. The smallest absolute Gasteiger partial charge is 0.142 e. The van der Waals surface area contributed by atoms with E-state index in [-0.39, 0.29) is 5.82 Å². The van der Waals surface area contributed by atoms with Crippen LogP contribution in [0, 0.1) is 19.7 Å². The van der Waals surface area contributed by atoms with E-state index in [2.05, 4.69) is 5.32 Å². The molecule has 0 atom stereocenters. The van der Waals surface area contributed by atoms with Crippen LogP contribution in [-0.2, 0) is 6.54 Å². The molecule has 0 aliphatic carbocycles. The fraction of sp³-hybridized carbons (Fsp3) is 0.250. The first-order valence-electron chi connectivity index (χ1n) is 6.23. The van der Waals surface area contributed by atoms with Gasteiger partial charge in [0.05, 0.1) is 12.8 Å². The van der Waals surface area contributed by atoms with Gasteiger partial charge in [-0.25, -0.2) is 4.39 Å². The molecule has 19 heavy (non-hydrogen) atoms. The van der Waals surface area contributed by atoms with Crippen molar-refractivity contribution in [2.75, 3.05) is 12.4 Å². The zero-order valence-corrected chi connectivity index (χ0v) is 11.5. The molecule has 3 heteroatoms. The predicted octanol–water partition coefficient (Wildman–Crippen LogP) is 4.06. The summed E-state index contributed by atoms with van der Waals surface area (Å²) in [6.07, 6.45) is 0. The van der Waals surface area contributed by atoms with Crippen LogP contribution in [0.25, 0.3) is 0 Å². The van der Waals surface area contributed by atoms with Gasteiger partial charge in [0.25, 0.3) is 0 Å². The molecule has 2 aromatic rings. The summed E-state index contributed by atoms with van der Waals surface area (Å²) in [7, 11) is 1.65. The number of hydrogen-bond donors (Lipinski definition) is 1. The summed E-state index contributed by atoms with van der Waals surface area (Å²) in [5.74, 6) is 0.649. The van der Waals surface area contributed by atoms with E-state index in [1.807, 2.05) is 31.2 Å². The van der Waals surface area contributed by atoms with Crippen molar-refractivity contribution in [3.8, 4) is 5.75 Å². The van der Waals surface area contributed by atoms with E-state index in [1.165, 1.54) is 6.07 Å². The second-order valence-corrected chi connectivity index (χ2v) is 4.64. The summed E-state index contributed by atoms with van der Waals surface area (Å²) in [5, 5.41) is 3.31. The lowest BCUT2D eigenvalue weighted by Crippen LogP contribution is -2.02. The Morgan fingerprint density at radius 2 is 1.89 bits per heavy atom. The van der Waals surface area contributed by atoms with Gasteiger partial charge in [-0.3, -0.25) is 0 Å². The molecule has 2 rings (SSSR count). The first-order valence-corrected chi connectivity index (χ1v) is 6.23. The molecule has 0 heterocycles. The van der Waals surface area contributed by atoms with Crippen LogP contribution >= 0.6 is 0 Å². The van der Waals surface area contributed by atoms with Crippen LogP contribution in [0.4, 0.5) is 10.1 Å². The van der Waals surface area contributed by atoms with Crippen LogP contribution in [0.1, 0.15) is 16.7 Å². The van der Waals surface area contributed by atoms with Crippen molar-refractivity contribution in [1.29, 1.82) is 0 Å². The Morgan fingerprint density at radius 1 is 1.11 bits per heavy atom. The molecular formula is C16H18FNO. The lowest BCUT2D eigenvalue weighted by molar-refractivity contribution is 0.416. The van der Waals surface area contributed by atoms with E-state index in [1.54, 1.807) is 20.1 Å². The Hall–Kier alpha value is -2.03. The Morgan fingerprint density at radius 3 is 2.58 bits per heavy atom. The van der Waals surface area contributed by atoms with E-state index in [0.717, 1.165) is 22.6 Å². The number of benzene rings is 2. The highest BCUT2D eigenvalue weighted by Gasteiger charge is 2.04. The summed E-state index contributed by atoms with van der Waals surface area (Å²) in [6.45, 7) is 4.43. The van der Waals surface area contributed by atoms with E-state index in [9.17, 15) is 4.39 Å². The topological polar surface area (TPSA) is 21.3 Å². The molecule has 0 saturated carbocycles. The van der Waals surface area contributed by atoms with Crippen molar-refractivity contribution in [1.82, 2.24) is 0 Å². The average molecular weight is 259 g/mol. The third-order valence-corrected chi connectivity index (χ3v) is 3.06. The lowest BCUT2D eigenvalue weighted by atomic mass is 10.1. The molecule has 100 valence electrons. The maximum atomic E-state index is 13.2. The second kappa shape index (κ2) is 5.74. The van der Waals surface area contributed by atoms with Crippen molar-refractivity contribution in [3.63, 3.8) is 0 Å². The first kappa shape index (κ1) is 13.4. The Labute approximate surface area is 113 Å². The molecule has 0 spiro atoms. The normalized spacial score (nSPS) is 10.3. The number of nitrogens with one attached hydrogen (secondary N) is 1. The molecule has 0 aromatic heterocycles. The van der Waals surface area contributed by atoms with Crippen LogP contribution in [0.2, 0.25) is 0 Å². The molecule has 0 fully saturated rings. The van der Waals surface area contributed by atoms with Gasteiger partial charge in [0.2, 0.25) is 0 Å². The van der Waals surface area contributed by atoms with Crippen molar-refractivity contribution >= 4 is 5.69 Å². The predicted molar refractivity (Wildman–Crippen MR) is 76.2 cm³/mol. The Bertz CT molecular complexity index is 581. The van der Waals surface area contributed by atoms with Gasteiger partial charge in [-0.05, 0) is 48.7 Å². The van der Waals surface area contributed by atoms with E-state index >= 15 is 0 Å². The van der Waals surface area contributed by atoms with Gasteiger partial charge in [-0.2, -0.15) is 0 Å². The number of aryl methyl sites for hydroxylation is 2. The summed E-state index contributed by atoms with van der Waals surface area (Å²) in [5.41, 5.74) is 3.80. The first-order chi connectivity index (χ1) is 9.10. The molecule has 0 saturated heterocycles. The third-order valence-electron chi connectivity index (χ3n) is 3.06. The highest BCUT2D eigenvalue weighted by Crippen LogP contribution is 2.25. The molecule has 2 nitrogen and oxygen atoms in total. The van der Waals surface area contributed by atoms with Crippen LogP contribution in [0.3, 0.4) is 0 Å². The van der Waals surface area contributed by atoms with E-state index in [0.29, 0.717) is 12.1 Å². The van der Waals surface area contributed by atoms with Crippen molar-refractivity contribution in [2.24, 2.45) is 0 Å². The van der Waals surface area contributed by atoms with Gasteiger partial charge in [-0.15, -0.1) is 0 Å². The summed E-state index contributed by atoms with van der Waals surface area (Å²) < 4.78 is 18.5. The highest BCUT2D eigenvalue weighted by molar-refractivity contribution is 5.57. The van der Waals surface area contributed by atoms with Crippen molar-refractivity contribution < 1.29 is 9.13 Å². The fourth-order valence-corrected chi connectivity index (χ4v) is 1.96. The largest absolute Gasteiger partial charge is 0.495 e. The standard InChI is InChI=1S/C16H18FNO/c1-11-4-7-15(16(8-11)19-3)18-10-13-5-6-14(17)12(2)9-13/h4-9,18H,10H2,1-3H3. The van der Waals surface area contributed by atoms with Crippen LogP contribution in [0.15, 0.2) is 36.4 Å². The monoisotopic (exact) mass is 259 g/mol. The zero-order chi connectivity index (χ0) is 13.8. The maximum Gasteiger partial charge on any atom is 0.142 e. The minimum Gasteiger partial charge on any atom is -0.495 e. The average Bonchev–Trinajstić information content (AvgIpc) is 2.41. The van der Waals surface area contributed by atoms with Gasteiger partial charge in [-0.1, -0.05) is 18.2 Å². The molecule has 0 aliphatic rings. The van der Waals surface area contributed by atoms with Crippen molar-refractivity contribution in [3.05, 3.63) is 58.9 Å². The number of anilines is 1. The molecule has 0 radical (unpaired) electrons. The number of ether oxygens (including phenoxy) is 1. The van der Waals surface area contributed by atoms with Gasteiger partial charge in [0.1, 0.15) is 11.6 Å². The molecule has 0 aliphatic heterocycles. The number of rotatable bonds is 4. The Kier molecular flexibility index (Phi) is 4.05. The zero-order valence-electron chi connectivity index (χ0n) is 11.5. The molecule has 0 unspecified atom stereocenters. The van der Waals surface area contributed by atoms with Crippen LogP contribution in [0.5, 0.6) is 5.75 Å². The number of hydrogen-bond acceptors (Lipinski definition) is 2. The van der Waals surface area contributed by atoms with Crippen LogP contribution in [-0.4, -0.2) is 7.11 Å². The molecule has 0 amide bonds. The fourth-order valence-electron chi connectivity index (χ4n) is 1.96.